The van der Waals surface area contributed by atoms with Gasteiger partial charge < -0.3 is 14.4 Å². The number of benzene rings is 1. The smallest absolute Gasteiger partial charge is 0.223 e. The predicted molar refractivity (Wildman–Crippen MR) is 95.3 cm³/mol. The molecule has 1 aromatic carbocycles. The van der Waals surface area contributed by atoms with Crippen molar-refractivity contribution in [2.45, 2.75) is 57.4 Å². The highest BCUT2D eigenvalue weighted by Gasteiger charge is 2.22. The zero-order valence-corrected chi connectivity index (χ0v) is 15.0. The topological polar surface area (TPSA) is 55.8 Å². The van der Waals surface area contributed by atoms with E-state index in [1.165, 1.54) is 25.7 Å². The van der Waals surface area contributed by atoms with E-state index in [1.807, 2.05) is 11.9 Å². The summed E-state index contributed by atoms with van der Waals surface area (Å²) in [5, 5.41) is 0. The number of carbonyl (C=O) groups excluding carboxylic acids is 2. The number of ether oxygens (including phenoxy) is 2. The number of carbonyl (C=O) groups is 2. The van der Waals surface area contributed by atoms with Gasteiger partial charge in [0.05, 0.1) is 0 Å². The van der Waals surface area contributed by atoms with Crippen molar-refractivity contribution in [3.05, 3.63) is 23.8 Å². The SMILES string of the molecule is CN(C(=O)CCC(=O)c1ccc2c(c1)OCCO2)C1CCCCCC1. The van der Waals surface area contributed by atoms with Crippen LogP contribution >= 0.6 is 0 Å². The maximum Gasteiger partial charge on any atom is 0.223 e. The van der Waals surface area contributed by atoms with Gasteiger partial charge in [0.15, 0.2) is 17.3 Å². The van der Waals surface area contributed by atoms with Crippen molar-refractivity contribution in [1.82, 2.24) is 4.90 Å². The summed E-state index contributed by atoms with van der Waals surface area (Å²) in [4.78, 5) is 26.7. The maximum atomic E-state index is 12.5. The fourth-order valence-electron chi connectivity index (χ4n) is 3.61. The van der Waals surface area contributed by atoms with Crippen LogP contribution in [-0.2, 0) is 4.79 Å². The molecule has 1 heterocycles. The van der Waals surface area contributed by atoms with Crippen molar-refractivity contribution in [2.75, 3.05) is 20.3 Å². The normalized spacial score (nSPS) is 17.6. The Kier molecular flexibility index (Phi) is 5.95. The number of hydrogen-bond donors (Lipinski definition) is 0. The van der Waals surface area contributed by atoms with Gasteiger partial charge in [-0.1, -0.05) is 25.7 Å². The lowest BCUT2D eigenvalue weighted by atomic mass is 10.0. The molecule has 136 valence electrons. The van der Waals surface area contributed by atoms with Crippen LogP contribution in [0.1, 0.15) is 61.7 Å². The lowest BCUT2D eigenvalue weighted by Crippen LogP contribution is -2.36. The molecule has 0 atom stereocenters. The summed E-state index contributed by atoms with van der Waals surface area (Å²) >= 11 is 0. The van der Waals surface area contributed by atoms with E-state index in [0.717, 1.165) is 12.8 Å². The van der Waals surface area contributed by atoms with E-state index < -0.39 is 0 Å². The Morgan fingerprint density at radius 3 is 2.40 bits per heavy atom. The lowest BCUT2D eigenvalue weighted by molar-refractivity contribution is -0.132. The minimum atomic E-state index is -0.0282. The number of fused-ring (bicyclic) bond motifs is 1. The summed E-state index contributed by atoms with van der Waals surface area (Å²) in [5.74, 6) is 1.32. The van der Waals surface area contributed by atoms with Gasteiger partial charge in [0.25, 0.3) is 0 Å². The largest absolute Gasteiger partial charge is 0.486 e. The van der Waals surface area contributed by atoms with Crippen LogP contribution in [0.4, 0.5) is 0 Å². The fourth-order valence-corrected chi connectivity index (χ4v) is 3.61. The van der Waals surface area contributed by atoms with Gasteiger partial charge in [-0.25, -0.2) is 0 Å². The standard InChI is InChI=1S/C20H27NO4/c1-21(16-6-4-2-3-5-7-16)20(23)11-9-17(22)15-8-10-18-19(14-15)25-13-12-24-18/h8,10,14,16H,2-7,9,11-13H2,1H3. The van der Waals surface area contributed by atoms with Gasteiger partial charge in [-0.2, -0.15) is 0 Å². The van der Waals surface area contributed by atoms with Crippen LogP contribution in [0, 0.1) is 0 Å². The van der Waals surface area contributed by atoms with Crippen molar-refractivity contribution < 1.29 is 19.1 Å². The maximum absolute atomic E-state index is 12.5. The average molecular weight is 345 g/mol. The zero-order valence-electron chi connectivity index (χ0n) is 15.0. The van der Waals surface area contributed by atoms with Crippen LogP contribution < -0.4 is 9.47 Å². The van der Waals surface area contributed by atoms with E-state index in [1.54, 1.807) is 18.2 Å². The summed E-state index contributed by atoms with van der Waals surface area (Å²) in [5.41, 5.74) is 0.578. The van der Waals surface area contributed by atoms with Crippen LogP contribution in [0.3, 0.4) is 0 Å². The van der Waals surface area contributed by atoms with Gasteiger partial charge in [0.1, 0.15) is 13.2 Å². The molecule has 1 saturated carbocycles. The number of rotatable bonds is 5. The molecular formula is C20H27NO4. The van der Waals surface area contributed by atoms with Crippen LogP contribution in [0.25, 0.3) is 0 Å². The molecule has 2 aliphatic rings. The average Bonchev–Trinajstić information content (AvgIpc) is 2.94. The lowest BCUT2D eigenvalue weighted by Gasteiger charge is -2.27. The summed E-state index contributed by atoms with van der Waals surface area (Å²) in [7, 11) is 1.88. The molecular weight excluding hydrogens is 318 g/mol. The number of amides is 1. The van der Waals surface area contributed by atoms with E-state index >= 15 is 0 Å². The van der Waals surface area contributed by atoms with E-state index in [9.17, 15) is 9.59 Å². The summed E-state index contributed by atoms with van der Waals surface area (Å²) in [6.45, 7) is 1.03. The van der Waals surface area contributed by atoms with Crippen molar-refractivity contribution in [3.63, 3.8) is 0 Å². The van der Waals surface area contributed by atoms with Crippen LogP contribution in [0.15, 0.2) is 18.2 Å². The summed E-state index contributed by atoms with van der Waals surface area (Å²) in [6.07, 6.45) is 7.57. The summed E-state index contributed by atoms with van der Waals surface area (Å²) < 4.78 is 11.0. The van der Waals surface area contributed by atoms with Gasteiger partial charge >= 0.3 is 0 Å². The highest BCUT2D eigenvalue weighted by atomic mass is 16.6. The molecule has 0 unspecified atom stereocenters. The molecule has 5 nitrogen and oxygen atoms in total. The second kappa shape index (κ2) is 8.37. The molecule has 25 heavy (non-hydrogen) atoms. The van der Waals surface area contributed by atoms with E-state index in [4.69, 9.17) is 9.47 Å². The molecule has 3 rings (SSSR count). The van der Waals surface area contributed by atoms with Gasteiger partial charge in [0.2, 0.25) is 5.91 Å². The van der Waals surface area contributed by atoms with Gasteiger partial charge in [-0.15, -0.1) is 0 Å². The molecule has 0 saturated heterocycles. The third-order valence-electron chi connectivity index (χ3n) is 5.20. The molecule has 1 aromatic rings. The molecule has 0 radical (unpaired) electrons. The molecule has 0 aromatic heterocycles. The van der Waals surface area contributed by atoms with Crippen molar-refractivity contribution in [1.29, 1.82) is 0 Å². The number of Topliss-reactive ketones (excluding diaryl/α,β-unsaturated/α-hetero) is 1. The second-order valence-electron chi connectivity index (χ2n) is 6.93. The molecule has 0 spiro atoms. The van der Waals surface area contributed by atoms with Crippen LogP contribution in [0.2, 0.25) is 0 Å². The first kappa shape index (κ1) is 17.8. The minimum Gasteiger partial charge on any atom is -0.486 e. The Hall–Kier alpha value is -2.04. The third kappa shape index (κ3) is 4.53. The Balaban J connectivity index is 1.53. The Labute approximate surface area is 149 Å². The number of hydrogen-bond acceptors (Lipinski definition) is 4. The Morgan fingerprint density at radius 2 is 1.68 bits per heavy atom. The molecule has 1 amide bonds. The first-order chi connectivity index (χ1) is 12.1. The van der Waals surface area contributed by atoms with E-state index in [2.05, 4.69) is 0 Å². The quantitative estimate of drug-likeness (QED) is 0.604. The highest BCUT2D eigenvalue weighted by Crippen LogP contribution is 2.31. The van der Waals surface area contributed by atoms with Crippen molar-refractivity contribution >= 4 is 11.7 Å². The Morgan fingerprint density at radius 1 is 1.00 bits per heavy atom. The molecule has 0 N–H and O–H groups in total. The number of nitrogens with zero attached hydrogens (tertiary/aromatic N) is 1. The predicted octanol–water partition coefficient (Wildman–Crippen LogP) is 3.60. The molecule has 1 aliphatic carbocycles. The van der Waals surface area contributed by atoms with Gasteiger partial charge in [0, 0.05) is 31.5 Å². The first-order valence-corrected chi connectivity index (χ1v) is 9.33. The van der Waals surface area contributed by atoms with Crippen molar-refractivity contribution in [3.8, 4) is 11.5 Å². The summed E-state index contributed by atoms with van der Waals surface area (Å²) in [6, 6.07) is 5.56. The fraction of sp³-hybridized carbons (Fsp3) is 0.600. The second-order valence-corrected chi connectivity index (χ2v) is 6.93. The van der Waals surface area contributed by atoms with Crippen LogP contribution in [-0.4, -0.2) is 42.9 Å². The zero-order chi connectivity index (χ0) is 17.6. The third-order valence-corrected chi connectivity index (χ3v) is 5.20. The number of ketones is 1. The highest BCUT2D eigenvalue weighted by molar-refractivity contribution is 5.98. The molecule has 1 fully saturated rings. The van der Waals surface area contributed by atoms with Crippen molar-refractivity contribution in [2.24, 2.45) is 0 Å². The Bertz CT molecular complexity index is 620. The molecule has 5 heteroatoms. The minimum absolute atomic E-state index is 0.0282. The van der Waals surface area contributed by atoms with Gasteiger partial charge in [-0.3, -0.25) is 9.59 Å². The molecule has 1 aliphatic heterocycles. The van der Waals surface area contributed by atoms with Crippen LogP contribution in [0.5, 0.6) is 11.5 Å². The first-order valence-electron chi connectivity index (χ1n) is 9.33. The van der Waals surface area contributed by atoms with E-state index in [-0.39, 0.29) is 24.5 Å². The monoisotopic (exact) mass is 345 g/mol. The van der Waals surface area contributed by atoms with Gasteiger partial charge in [-0.05, 0) is 31.0 Å². The van der Waals surface area contributed by atoms with E-state index in [0.29, 0.717) is 36.3 Å². The molecule has 0 bridgehead atoms.